The number of likely N-dealkylation sites (tertiary alicyclic amines) is 1. The van der Waals surface area contributed by atoms with Gasteiger partial charge in [0.15, 0.2) is 0 Å². The number of nitrogens with one attached hydrogen (secondary N) is 2. The van der Waals surface area contributed by atoms with E-state index in [9.17, 15) is 9.59 Å². The lowest BCUT2D eigenvalue weighted by Crippen LogP contribution is -2.49. The van der Waals surface area contributed by atoms with E-state index in [1.807, 2.05) is 4.90 Å². The molecule has 3 heterocycles. The largest absolute Gasteiger partial charge is 0.337 e. The maximum Gasteiger partial charge on any atom is 0.262 e. The van der Waals surface area contributed by atoms with Gasteiger partial charge in [0, 0.05) is 51.5 Å². The summed E-state index contributed by atoms with van der Waals surface area (Å²) < 4.78 is 0.395. The number of pyridine rings is 1. The molecule has 1 aromatic rings. The molecule has 2 aliphatic rings. The molecule has 0 radical (unpaired) electrons. The van der Waals surface area contributed by atoms with Crippen molar-refractivity contribution < 1.29 is 4.79 Å². The van der Waals surface area contributed by atoms with Crippen LogP contribution in [-0.2, 0) is 0 Å². The molecule has 3 rings (SSSR count). The number of carbonyl (C=O) groups is 1. The van der Waals surface area contributed by atoms with Crippen LogP contribution in [-0.4, -0.2) is 66.0 Å². The van der Waals surface area contributed by atoms with Crippen LogP contribution in [0.5, 0.6) is 0 Å². The number of carbonyl (C=O) groups excluding carboxylic acids is 1. The zero-order valence-corrected chi connectivity index (χ0v) is 13.4. The Morgan fingerprint density at radius 1 is 1.29 bits per heavy atom. The van der Waals surface area contributed by atoms with Crippen LogP contribution in [0.3, 0.4) is 0 Å². The van der Waals surface area contributed by atoms with Crippen molar-refractivity contribution in [1.82, 2.24) is 20.1 Å². The van der Waals surface area contributed by atoms with Crippen molar-refractivity contribution in [1.29, 1.82) is 0 Å². The van der Waals surface area contributed by atoms with Gasteiger partial charge in [-0.1, -0.05) is 0 Å². The zero-order chi connectivity index (χ0) is 14.8. The number of hydrogen-bond acceptors (Lipinski definition) is 4. The predicted octanol–water partition coefficient (Wildman–Crippen LogP) is 0.257. The molecule has 2 N–H and O–H groups in total. The first-order valence-electron chi connectivity index (χ1n) is 7.27. The molecule has 21 heavy (non-hydrogen) atoms. The number of piperazine rings is 1. The molecule has 1 unspecified atom stereocenters. The van der Waals surface area contributed by atoms with Crippen molar-refractivity contribution in [2.45, 2.75) is 12.5 Å². The van der Waals surface area contributed by atoms with Crippen LogP contribution in [0.4, 0.5) is 0 Å². The van der Waals surface area contributed by atoms with Crippen LogP contribution in [0.15, 0.2) is 21.5 Å². The number of nitrogens with zero attached hydrogens (tertiary/aromatic N) is 2. The van der Waals surface area contributed by atoms with Gasteiger partial charge in [-0.05, 0) is 28.4 Å². The highest BCUT2D eigenvalue weighted by molar-refractivity contribution is 9.10. The van der Waals surface area contributed by atoms with Crippen LogP contribution in [0.1, 0.15) is 16.8 Å². The summed E-state index contributed by atoms with van der Waals surface area (Å²) in [6.45, 7) is 5.71. The van der Waals surface area contributed by atoms with Crippen LogP contribution in [0, 0.1) is 0 Å². The quantitative estimate of drug-likeness (QED) is 0.799. The molecule has 2 aliphatic heterocycles. The van der Waals surface area contributed by atoms with Gasteiger partial charge < -0.3 is 15.2 Å². The van der Waals surface area contributed by atoms with E-state index < -0.39 is 0 Å². The summed E-state index contributed by atoms with van der Waals surface area (Å²) in [4.78, 5) is 30.7. The van der Waals surface area contributed by atoms with E-state index in [1.165, 1.54) is 6.20 Å². The minimum Gasteiger partial charge on any atom is -0.337 e. The molecule has 1 atom stereocenters. The van der Waals surface area contributed by atoms with Gasteiger partial charge in [-0.3, -0.25) is 14.5 Å². The second-order valence-electron chi connectivity index (χ2n) is 5.55. The van der Waals surface area contributed by atoms with Gasteiger partial charge in [0.25, 0.3) is 11.5 Å². The summed E-state index contributed by atoms with van der Waals surface area (Å²) in [7, 11) is 0. The number of rotatable bonds is 2. The SMILES string of the molecule is O=C(c1c[nH]c(=O)c(Br)c1)N1CCC(N2CCNCC2)C1. The Balaban J connectivity index is 1.66. The molecule has 0 saturated carbocycles. The standard InChI is InChI=1S/C14H19BrN4O2/c15-12-7-10(8-17-13(12)20)14(21)19-4-1-11(9-19)18-5-2-16-3-6-18/h7-8,11,16H,1-6,9H2,(H,17,20). The van der Waals surface area contributed by atoms with E-state index in [1.54, 1.807) is 6.07 Å². The Morgan fingerprint density at radius 2 is 2.05 bits per heavy atom. The predicted molar refractivity (Wildman–Crippen MR) is 83.5 cm³/mol. The van der Waals surface area contributed by atoms with Gasteiger partial charge in [-0.25, -0.2) is 0 Å². The van der Waals surface area contributed by atoms with Crippen molar-refractivity contribution in [3.63, 3.8) is 0 Å². The monoisotopic (exact) mass is 354 g/mol. The lowest BCUT2D eigenvalue weighted by atomic mass is 10.2. The molecule has 1 aromatic heterocycles. The molecular formula is C14H19BrN4O2. The van der Waals surface area contributed by atoms with Crippen LogP contribution in [0.25, 0.3) is 0 Å². The van der Waals surface area contributed by atoms with Crippen molar-refractivity contribution in [2.75, 3.05) is 39.3 Å². The average molecular weight is 355 g/mol. The van der Waals surface area contributed by atoms with Gasteiger partial charge in [-0.15, -0.1) is 0 Å². The van der Waals surface area contributed by atoms with E-state index in [0.29, 0.717) is 16.1 Å². The van der Waals surface area contributed by atoms with E-state index in [2.05, 4.69) is 31.1 Å². The third-order valence-electron chi connectivity index (χ3n) is 4.22. The molecule has 0 aromatic carbocycles. The fraction of sp³-hybridized carbons (Fsp3) is 0.571. The van der Waals surface area contributed by atoms with E-state index >= 15 is 0 Å². The second-order valence-corrected chi connectivity index (χ2v) is 6.40. The summed E-state index contributed by atoms with van der Waals surface area (Å²) in [5.74, 6) is -0.00964. The average Bonchev–Trinajstić information content (AvgIpc) is 3.00. The van der Waals surface area contributed by atoms with E-state index in [4.69, 9.17) is 0 Å². The van der Waals surface area contributed by atoms with Gasteiger partial charge in [0.2, 0.25) is 0 Å². The topological polar surface area (TPSA) is 68.4 Å². The van der Waals surface area contributed by atoms with Crippen LogP contribution >= 0.6 is 15.9 Å². The number of amides is 1. The first-order chi connectivity index (χ1) is 10.1. The molecule has 0 spiro atoms. The smallest absolute Gasteiger partial charge is 0.262 e. The molecule has 7 heteroatoms. The Hall–Kier alpha value is -1.18. The molecule has 114 valence electrons. The maximum atomic E-state index is 12.5. The lowest BCUT2D eigenvalue weighted by molar-refractivity contribution is 0.0773. The summed E-state index contributed by atoms with van der Waals surface area (Å²) >= 11 is 3.17. The summed E-state index contributed by atoms with van der Waals surface area (Å²) in [5.41, 5.74) is 0.314. The highest BCUT2D eigenvalue weighted by atomic mass is 79.9. The number of aromatic nitrogens is 1. The normalized spacial score (nSPS) is 23.5. The molecule has 2 fully saturated rings. The maximum absolute atomic E-state index is 12.5. The van der Waals surface area contributed by atoms with Crippen LogP contribution in [0.2, 0.25) is 0 Å². The Morgan fingerprint density at radius 3 is 2.76 bits per heavy atom. The summed E-state index contributed by atoms with van der Waals surface area (Å²) in [6, 6.07) is 2.06. The first kappa shape index (κ1) is 14.7. The van der Waals surface area contributed by atoms with Gasteiger partial charge in [-0.2, -0.15) is 0 Å². The highest BCUT2D eigenvalue weighted by Crippen LogP contribution is 2.19. The van der Waals surface area contributed by atoms with Crippen molar-refractivity contribution in [3.8, 4) is 0 Å². The van der Waals surface area contributed by atoms with Gasteiger partial charge in [0.1, 0.15) is 0 Å². The number of aromatic amines is 1. The third-order valence-corrected chi connectivity index (χ3v) is 4.81. The van der Waals surface area contributed by atoms with Gasteiger partial charge in [0.05, 0.1) is 10.0 Å². The molecule has 0 bridgehead atoms. The van der Waals surface area contributed by atoms with Crippen molar-refractivity contribution in [2.24, 2.45) is 0 Å². The molecule has 1 amide bonds. The molecule has 0 aliphatic carbocycles. The number of halogens is 1. The highest BCUT2D eigenvalue weighted by Gasteiger charge is 2.31. The fourth-order valence-corrected chi connectivity index (χ4v) is 3.39. The minimum atomic E-state index is -0.216. The van der Waals surface area contributed by atoms with Gasteiger partial charge >= 0.3 is 0 Å². The van der Waals surface area contributed by atoms with Crippen molar-refractivity contribution >= 4 is 21.8 Å². The molecule has 2 saturated heterocycles. The van der Waals surface area contributed by atoms with E-state index in [-0.39, 0.29) is 11.5 Å². The van der Waals surface area contributed by atoms with Crippen LogP contribution < -0.4 is 10.9 Å². The second kappa shape index (κ2) is 6.29. The van der Waals surface area contributed by atoms with Crippen molar-refractivity contribution in [3.05, 3.63) is 32.7 Å². The Bertz CT molecular complexity index is 583. The lowest BCUT2D eigenvalue weighted by Gasteiger charge is -2.32. The Kier molecular flexibility index (Phi) is 4.42. The number of H-pyrrole nitrogens is 1. The molecular weight excluding hydrogens is 336 g/mol. The fourth-order valence-electron chi connectivity index (χ4n) is 3.03. The Labute approximate surface area is 131 Å². The summed E-state index contributed by atoms with van der Waals surface area (Å²) in [5, 5.41) is 3.35. The third kappa shape index (κ3) is 3.20. The van der Waals surface area contributed by atoms with E-state index in [0.717, 1.165) is 45.7 Å². The minimum absolute atomic E-state index is 0.00964. The zero-order valence-electron chi connectivity index (χ0n) is 11.8. The number of hydrogen-bond donors (Lipinski definition) is 2. The first-order valence-corrected chi connectivity index (χ1v) is 8.07. The molecule has 6 nitrogen and oxygen atoms in total. The summed E-state index contributed by atoms with van der Waals surface area (Å²) in [6.07, 6.45) is 2.52.